The van der Waals surface area contributed by atoms with Gasteiger partial charge in [0.25, 0.3) is 0 Å². The molecule has 2 aromatic carbocycles. The molecule has 0 aliphatic carbocycles. The van der Waals surface area contributed by atoms with Gasteiger partial charge in [-0.25, -0.2) is 0 Å². The van der Waals surface area contributed by atoms with Crippen LogP contribution in [0, 0.1) is 0 Å². The van der Waals surface area contributed by atoms with Crippen molar-refractivity contribution in [1.29, 1.82) is 0 Å². The molecule has 18 heavy (non-hydrogen) atoms. The van der Waals surface area contributed by atoms with E-state index in [0.29, 0.717) is 23.1 Å². The van der Waals surface area contributed by atoms with Crippen molar-refractivity contribution in [2.24, 2.45) is 0 Å². The Morgan fingerprint density at radius 2 is 1.83 bits per heavy atom. The van der Waals surface area contributed by atoms with Gasteiger partial charge in [0.1, 0.15) is 12.4 Å². The highest BCUT2D eigenvalue weighted by Crippen LogP contribution is 2.29. The first kappa shape index (κ1) is 13.7. The standard InChI is InChI=1S/C13H10Br2ClNO/c14-9-1-2-12(16)13(6-9)18-7-8-3-10(15)5-11(17)4-8/h1-6H,7,17H2. The van der Waals surface area contributed by atoms with E-state index < -0.39 is 0 Å². The molecule has 0 bridgehead atoms. The Morgan fingerprint density at radius 1 is 1.06 bits per heavy atom. The molecule has 0 aromatic heterocycles. The van der Waals surface area contributed by atoms with Crippen LogP contribution in [-0.4, -0.2) is 0 Å². The summed E-state index contributed by atoms with van der Waals surface area (Å²) >= 11 is 12.8. The third-order valence-corrected chi connectivity index (χ3v) is 3.53. The number of nitrogens with two attached hydrogens (primary N) is 1. The molecule has 0 unspecified atom stereocenters. The van der Waals surface area contributed by atoms with Crippen molar-refractivity contribution in [2.45, 2.75) is 6.61 Å². The SMILES string of the molecule is Nc1cc(Br)cc(COc2cc(Br)ccc2Cl)c1. The van der Waals surface area contributed by atoms with Gasteiger partial charge in [0, 0.05) is 14.6 Å². The molecule has 0 saturated carbocycles. The van der Waals surface area contributed by atoms with E-state index in [2.05, 4.69) is 31.9 Å². The molecule has 0 saturated heterocycles. The van der Waals surface area contributed by atoms with Crippen LogP contribution >= 0.6 is 43.5 Å². The monoisotopic (exact) mass is 389 g/mol. The Hall–Kier alpha value is -0.710. The molecule has 0 amide bonds. The highest BCUT2D eigenvalue weighted by Gasteiger charge is 2.04. The van der Waals surface area contributed by atoms with E-state index in [1.807, 2.05) is 30.3 Å². The molecule has 0 aliphatic heterocycles. The lowest BCUT2D eigenvalue weighted by atomic mass is 10.2. The minimum Gasteiger partial charge on any atom is -0.487 e. The van der Waals surface area contributed by atoms with Gasteiger partial charge in [0.05, 0.1) is 5.02 Å². The van der Waals surface area contributed by atoms with Crippen molar-refractivity contribution in [3.05, 3.63) is 55.9 Å². The van der Waals surface area contributed by atoms with E-state index in [-0.39, 0.29) is 0 Å². The Bertz CT molecular complexity index is 555. The molecular formula is C13H10Br2ClNO. The van der Waals surface area contributed by atoms with Crippen LogP contribution in [0.5, 0.6) is 5.75 Å². The summed E-state index contributed by atoms with van der Waals surface area (Å²) in [5.74, 6) is 0.643. The molecule has 0 fully saturated rings. The van der Waals surface area contributed by atoms with Crippen LogP contribution in [0.4, 0.5) is 5.69 Å². The lowest BCUT2D eigenvalue weighted by Gasteiger charge is -2.09. The fraction of sp³-hybridized carbons (Fsp3) is 0.0769. The summed E-state index contributed by atoms with van der Waals surface area (Å²) in [5.41, 5.74) is 7.44. The van der Waals surface area contributed by atoms with Gasteiger partial charge in [0.2, 0.25) is 0 Å². The van der Waals surface area contributed by atoms with Gasteiger partial charge in [-0.2, -0.15) is 0 Å². The fourth-order valence-corrected chi connectivity index (χ4v) is 2.58. The second-order valence-electron chi connectivity index (χ2n) is 3.76. The predicted molar refractivity (Wildman–Crippen MR) is 82.0 cm³/mol. The van der Waals surface area contributed by atoms with Crippen molar-refractivity contribution in [3.8, 4) is 5.75 Å². The fourth-order valence-electron chi connectivity index (χ4n) is 1.51. The van der Waals surface area contributed by atoms with E-state index in [0.717, 1.165) is 14.5 Å². The van der Waals surface area contributed by atoms with E-state index in [1.54, 1.807) is 6.07 Å². The number of halogens is 3. The van der Waals surface area contributed by atoms with E-state index >= 15 is 0 Å². The van der Waals surface area contributed by atoms with Crippen molar-refractivity contribution in [1.82, 2.24) is 0 Å². The maximum Gasteiger partial charge on any atom is 0.139 e. The molecule has 0 aliphatic rings. The number of hydrogen-bond acceptors (Lipinski definition) is 2. The van der Waals surface area contributed by atoms with Crippen LogP contribution < -0.4 is 10.5 Å². The topological polar surface area (TPSA) is 35.2 Å². The van der Waals surface area contributed by atoms with Gasteiger partial charge in [-0.3, -0.25) is 0 Å². The number of benzene rings is 2. The second-order valence-corrected chi connectivity index (χ2v) is 5.99. The molecule has 2 rings (SSSR count). The van der Waals surface area contributed by atoms with Gasteiger partial charge in [-0.05, 0) is 42.0 Å². The molecular weight excluding hydrogens is 381 g/mol. The molecule has 0 heterocycles. The maximum absolute atomic E-state index is 6.05. The second kappa shape index (κ2) is 5.95. The first-order valence-electron chi connectivity index (χ1n) is 5.17. The Labute approximate surface area is 127 Å². The number of nitrogen functional groups attached to an aromatic ring is 1. The summed E-state index contributed by atoms with van der Waals surface area (Å²) in [6.45, 7) is 0.416. The molecule has 2 nitrogen and oxygen atoms in total. The van der Waals surface area contributed by atoms with E-state index in [4.69, 9.17) is 22.1 Å². The van der Waals surface area contributed by atoms with Crippen LogP contribution in [-0.2, 0) is 6.61 Å². The smallest absolute Gasteiger partial charge is 0.139 e. The summed E-state index contributed by atoms with van der Waals surface area (Å²) in [7, 11) is 0. The summed E-state index contributed by atoms with van der Waals surface area (Å²) in [6, 6.07) is 11.2. The molecule has 0 spiro atoms. The average molecular weight is 391 g/mol. The van der Waals surface area contributed by atoms with E-state index in [9.17, 15) is 0 Å². The molecule has 94 valence electrons. The van der Waals surface area contributed by atoms with Gasteiger partial charge >= 0.3 is 0 Å². The number of hydrogen-bond donors (Lipinski definition) is 1. The third kappa shape index (κ3) is 3.64. The average Bonchev–Trinajstić information content (AvgIpc) is 2.29. The molecule has 5 heteroatoms. The van der Waals surface area contributed by atoms with Crippen LogP contribution in [0.2, 0.25) is 5.02 Å². The maximum atomic E-state index is 6.05. The van der Waals surface area contributed by atoms with Gasteiger partial charge in [-0.1, -0.05) is 43.5 Å². The summed E-state index contributed by atoms with van der Waals surface area (Å²) in [5, 5.41) is 0.584. The van der Waals surface area contributed by atoms with Crippen LogP contribution in [0.25, 0.3) is 0 Å². The molecule has 0 atom stereocenters. The lowest BCUT2D eigenvalue weighted by Crippen LogP contribution is -1.97. The first-order chi connectivity index (χ1) is 8.54. The Balaban J connectivity index is 2.13. The zero-order chi connectivity index (χ0) is 13.1. The number of ether oxygens (including phenoxy) is 1. The zero-order valence-corrected chi connectivity index (χ0v) is 13.2. The predicted octanol–water partition coefficient (Wildman–Crippen LogP) is 5.03. The highest BCUT2D eigenvalue weighted by molar-refractivity contribution is 9.10. The normalized spacial score (nSPS) is 10.4. The van der Waals surface area contributed by atoms with Crippen LogP contribution in [0.1, 0.15) is 5.56 Å². The first-order valence-corrected chi connectivity index (χ1v) is 7.14. The van der Waals surface area contributed by atoms with Crippen molar-refractivity contribution in [3.63, 3.8) is 0 Å². The third-order valence-electron chi connectivity index (χ3n) is 2.27. The van der Waals surface area contributed by atoms with Crippen LogP contribution in [0.15, 0.2) is 45.3 Å². The minimum atomic E-state index is 0.416. The van der Waals surface area contributed by atoms with Crippen molar-refractivity contribution < 1.29 is 4.74 Å². The largest absolute Gasteiger partial charge is 0.487 e. The molecule has 2 aromatic rings. The minimum absolute atomic E-state index is 0.416. The van der Waals surface area contributed by atoms with Gasteiger partial charge in [-0.15, -0.1) is 0 Å². The van der Waals surface area contributed by atoms with Gasteiger partial charge in [0.15, 0.2) is 0 Å². The number of rotatable bonds is 3. The summed E-state index contributed by atoms with van der Waals surface area (Å²) in [6.07, 6.45) is 0. The van der Waals surface area contributed by atoms with Gasteiger partial charge < -0.3 is 10.5 Å². The zero-order valence-electron chi connectivity index (χ0n) is 9.29. The lowest BCUT2D eigenvalue weighted by molar-refractivity contribution is 0.306. The number of anilines is 1. The van der Waals surface area contributed by atoms with E-state index in [1.165, 1.54) is 0 Å². The van der Waals surface area contributed by atoms with Crippen molar-refractivity contribution >= 4 is 49.1 Å². The quantitative estimate of drug-likeness (QED) is 0.745. The summed E-state index contributed by atoms with van der Waals surface area (Å²) in [4.78, 5) is 0. The van der Waals surface area contributed by atoms with Crippen molar-refractivity contribution in [2.75, 3.05) is 5.73 Å². The Kier molecular flexibility index (Phi) is 4.54. The highest BCUT2D eigenvalue weighted by atomic mass is 79.9. The summed E-state index contributed by atoms with van der Waals surface area (Å²) < 4.78 is 7.53. The molecule has 0 radical (unpaired) electrons. The molecule has 2 N–H and O–H groups in total. The Morgan fingerprint density at radius 3 is 2.56 bits per heavy atom. The van der Waals surface area contributed by atoms with Crippen LogP contribution in [0.3, 0.4) is 0 Å².